The Morgan fingerprint density at radius 1 is 1.47 bits per heavy atom. The highest BCUT2D eigenvalue weighted by Gasteiger charge is 2.18. The molecule has 1 N–H and O–H groups in total. The highest BCUT2D eigenvalue weighted by atomic mass is 19.1. The fourth-order valence-electron chi connectivity index (χ4n) is 1.86. The smallest absolute Gasteiger partial charge is 0.150 e. The van der Waals surface area contributed by atoms with Gasteiger partial charge in [0.1, 0.15) is 5.75 Å². The number of nitrogens with one attached hydrogen (secondary N) is 1. The summed E-state index contributed by atoms with van der Waals surface area (Å²) in [4.78, 5) is 0. The van der Waals surface area contributed by atoms with Crippen LogP contribution in [-0.2, 0) is 6.42 Å². The van der Waals surface area contributed by atoms with Crippen molar-refractivity contribution in [3.05, 3.63) is 35.8 Å². The van der Waals surface area contributed by atoms with Gasteiger partial charge in [0.2, 0.25) is 0 Å². The highest BCUT2D eigenvalue weighted by Crippen LogP contribution is 2.33. The molecule has 0 spiro atoms. The van der Waals surface area contributed by atoms with Crippen LogP contribution in [0.1, 0.15) is 25.8 Å². The van der Waals surface area contributed by atoms with E-state index in [-0.39, 0.29) is 5.82 Å². The molecule has 0 amide bonds. The van der Waals surface area contributed by atoms with E-state index in [1.807, 2.05) is 6.07 Å². The van der Waals surface area contributed by atoms with E-state index >= 15 is 0 Å². The largest absolute Gasteiger partial charge is 0.493 e. The van der Waals surface area contributed by atoms with Gasteiger partial charge in [0.05, 0.1) is 12.3 Å². The van der Waals surface area contributed by atoms with Crippen LogP contribution in [0.15, 0.2) is 24.4 Å². The van der Waals surface area contributed by atoms with Crippen LogP contribution in [0.25, 0.3) is 0 Å². The molecule has 2 rings (SSSR count). The molecule has 1 aromatic carbocycles. The van der Waals surface area contributed by atoms with E-state index in [2.05, 4.69) is 25.7 Å². The average Bonchev–Trinajstić information content (AvgIpc) is 2.58. The van der Waals surface area contributed by atoms with Crippen LogP contribution >= 0.6 is 0 Å². The summed E-state index contributed by atoms with van der Waals surface area (Å²) in [5, 5.41) is 2.94. The van der Waals surface area contributed by atoms with Crippen molar-refractivity contribution in [2.75, 3.05) is 11.9 Å². The lowest BCUT2D eigenvalue weighted by Crippen LogP contribution is -2.02. The van der Waals surface area contributed by atoms with Crippen molar-refractivity contribution in [3.8, 4) is 5.75 Å². The SMILES string of the molecule is C=C1Cc2cc(OCCC(C)C)cc(F)c2N1. The number of ether oxygens (including phenoxy) is 1. The van der Waals surface area contributed by atoms with Gasteiger partial charge in [0, 0.05) is 18.2 Å². The lowest BCUT2D eigenvalue weighted by atomic mass is 10.1. The third kappa shape index (κ3) is 2.78. The van der Waals surface area contributed by atoms with Crippen molar-refractivity contribution in [2.45, 2.75) is 26.7 Å². The Bertz CT molecular complexity index is 440. The molecular weight excluding hydrogens is 217 g/mol. The molecule has 17 heavy (non-hydrogen) atoms. The maximum absolute atomic E-state index is 13.7. The second-order valence-corrected chi connectivity index (χ2v) is 4.88. The van der Waals surface area contributed by atoms with Gasteiger partial charge in [-0.1, -0.05) is 20.4 Å². The van der Waals surface area contributed by atoms with E-state index in [1.165, 1.54) is 6.07 Å². The summed E-state index contributed by atoms with van der Waals surface area (Å²) in [5.41, 5.74) is 2.30. The number of halogens is 1. The van der Waals surface area contributed by atoms with Crippen LogP contribution in [0.3, 0.4) is 0 Å². The molecule has 1 aliphatic heterocycles. The predicted octanol–water partition coefficient (Wildman–Crippen LogP) is 3.73. The standard InChI is InChI=1S/C14H18FNO/c1-9(2)4-5-17-12-7-11-6-10(3)16-14(11)13(15)8-12/h7-9,16H,3-6H2,1-2H3. The van der Waals surface area contributed by atoms with E-state index in [0.29, 0.717) is 30.4 Å². The molecule has 0 atom stereocenters. The molecule has 0 radical (unpaired) electrons. The van der Waals surface area contributed by atoms with Crippen molar-refractivity contribution in [1.82, 2.24) is 0 Å². The first-order valence-electron chi connectivity index (χ1n) is 5.96. The van der Waals surface area contributed by atoms with Crippen LogP contribution < -0.4 is 10.1 Å². The quantitative estimate of drug-likeness (QED) is 0.858. The monoisotopic (exact) mass is 235 g/mol. The van der Waals surface area contributed by atoms with Crippen LogP contribution in [0.2, 0.25) is 0 Å². The Hall–Kier alpha value is -1.51. The zero-order chi connectivity index (χ0) is 12.4. The van der Waals surface area contributed by atoms with Crippen LogP contribution in [0.4, 0.5) is 10.1 Å². The van der Waals surface area contributed by atoms with E-state index in [9.17, 15) is 4.39 Å². The van der Waals surface area contributed by atoms with Crippen molar-refractivity contribution in [2.24, 2.45) is 5.92 Å². The van der Waals surface area contributed by atoms with Crippen LogP contribution in [0, 0.1) is 11.7 Å². The summed E-state index contributed by atoms with van der Waals surface area (Å²) in [6, 6.07) is 3.33. The Kier molecular flexibility index (Phi) is 3.36. The predicted molar refractivity (Wildman–Crippen MR) is 67.8 cm³/mol. The number of benzene rings is 1. The summed E-state index contributed by atoms with van der Waals surface area (Å²) in [7, 11) is 0. The highest BCUT2D eigenvalue weighted by molar-refractivity contribution is 5.64. The van der Waals surface area contributed by atoms with E-state index in [0.717, 1.165) is 17.7 Å². The molecular formula is C14H18FNO. The fourth-order valence-corrected chi connectivity index (χ4v) is 1.86. The molecule has 1 aliphatic rings. The fraction of sp³-hybridized carbons (Fsp3) is 0.429. The molecule has 0 aromatic heterocycles. The summed E-state index contributed by atoms with van der Waals surface area (Å²) in [6.07, 6.45) is 1.65. The number of rotatable bonds is 4. The first-order chi connectivity index (χ1) is 8.06. The number of fused-ring (bicyclic) bond motifs is 1. The van der Waals surface area contributed by atoms with Crippen molar-refractivity contribution in [3.63, 3.8) is 0 Å². The molecule has 0 unspecified atom stereocenters. The van der Waals surface area contributed by atoms with Crippen molar-refractivity contribution < 1.29 is 9.13 Å². The summed E-state index contributed by atoms with van der Waals surface area (Å²) < 4.78 is 19.3. The van der Waals surface area contributed by atoms with Crippen molar-refractivity contribution >= 4 is 5.69 Å². The summed E-state index contributed by atoms with van der Waals surface area (Å²) >= 11 is 0. The minimum absolute atomic E-state index is 0.263. The van der Waals surface area contributed by atoms with Gasteiger partial charge in [-0.2, -0.15) is 0 Å². The van der Waals surface area contributed by atoms with E-state index in [1.54, 1.807) is 0 Å². The lowest BCUT2D eigenvalue weighted by molar-refractivity contribution is 0.288. The van der Waals surface area contributed by atoms with Gasteiger partial charge in [0.25, 0.3) is 0 Å². The van der Waals surface area contributed by atoms with Gasteiger partial charge < -0.3 is 10.1 Å². The third-order valence-corrected chi connectivity index (χ3v) is 2.81. The first kappa shape index (κ1) is 12.0. The molecule has 2 nitrogen and oxygen atoms in total. The Morgan fingerprint density at radius 3 is 2.94 bits per heavy atom. The Balaban J connectivity index is 2.08. The zero-order valence-electron chi connectivity index (χ0n) is 10.3. The molecule has 3 heteroatoms. The lowest BCUT2D eigenvalue weighted by Gasteiger charge is -2.10. The molecule has 0 aliphatic carbocycles. The van der Waals surface area contributed by atoms with Crippen LogP contribution in [-0.4, -0.2) is 6.61 Å². The molecule has 0 saturated carbocycles. The normalized spacial score (nSPS) is 13.8. The number of allylic oxidation sites excluding steroid dienone is 1. The molecule has 0 fully saturated rings. The van der Waals surface area contributed by atoms with Gasteiger partial charge in [-0.25, -0.2) is 4.39 Å². The van der Waals surface area contributed by atoms with E-state index in [4.69, 9.17) is 4.74 Å². The molecule has 1 heterocycles. The molecule has 92 valence electrons. The molecule has 0 bridgehead atoms. The van der Waals surface area contributed by atoms with Gasteiger partial charge in [-0.15, -0.1) is 0 Å². The maximum Gasteiger partial charge on any atom is 0.150 e. The van der Waals surface area contributed by atoms with Crippen molar-refractivity contribution in [1.29, 1.82) is 0 Å². The van der Waals surface area contributed by atoms with Crippen LogP contribution in [0.5, 0.6) is 5.75 Å². The van der Waals surface area contributed by atoms with Gasteiger partial charge in [-0.05, 0) is 24.0 Å². The maximum atomic E-state index is 13.7. The number of anilines is 1. The number of hydrogen-bond acceptors (Lipinski definition) is 2. The summed E-state index contributed by atoms with van der Waals surface area (Å²) in [5.74, 6) is 0.940. The first-order valence-corrected chi connectivity index (χ1v) is 5.96. The average molecular weight is 235 g/mol. The second kappa shape index (κ2) is 4.78. The second-order valence-electron chi connectivity index (χ2n) is 4.88. The van der Waals surface area contributed by atoms with Gasteiger partial charge in [-0.3, -0.25) is 0 Å². The summed E-state index contributed by atoms with van der Waals surface area (Å²) in [6.45, 7) is 8.71. The minimum Gasteiger partial charge on any atom is -0.493 e. The zero-order valence-corrected chi connectivity index (χ0v) is 10.3. The topological polar surface area (TPSA) is 21.3 Å². The van der Waals surface area contributed by atoms with Gasteiger partial charge in [0.15, 0.2) is 5.82 Å². The Labute approximate surface area is 101 Å². The van der Waals surface area contributed by atoms with Gasteiger partial charge >= 0.3 is 0 Å². The Morgan fingerprint density at radius 2 is 2.24 bits per heavy atom. The van der Waals surface area contributed by atoms with E-state index < -0.39 is 0 Å². The minimum atomic E-state index is -0.263. The number of hydrogen-bond donors (Lipinski definition) is 1. The molecule has 1 aromatic rings. The molecule has 0 saturated heterocycles. The third-order valence-electron chi connectivity index (χ3n) is 2.81.